The summed E-state index contributed by atoms with van der Waals surface area (Å²) in [6.07, 6.45) is 0.738. The van der Waals surface area contributed by atoms with Crippen LogP contribution in [0.1, 0.15) is 17.6 Å². The standard InChI is InChI=1S/C17H17ClN4OS2/c1-11(16(23)19-14-8-4-3-7-13(14)18)25-17-21-20-15(22(17)2)10-12-6-5-9-24-12/h3-9,11H,10H2,1-2H3,(H,19,23)/t11-/m1/s1. The van der Waals surface area contributed by atoms with Crippen LogP contribution in [0.5, 0.6) is 0 Å². The summed E-state index contributed by atoms with van der Waals surface area (Å²) in [6.45, 7) is 1.84. The molecule has 3 rings (SSSR count). The molecule has 0 aliphatic rings. The van der Waals surface area contributed by atoms with Crippen LogP contribution in [0, 0.1) is 0 Å². The number of thiophene rings is 1. The lowest BCUT2D eigenvalue weighted by Crippen LogP contribution is -2.23. The maximum Gasteiger partial charge on any atom is 0.237 e. The molecular formula is C17H17ClN4OS2. The van der Waals surface area contributed by atoms with Crippen LogP contribution < -0.4 is 5.32 Å². The van der Waals surface area contributed by atoms with E-state index in [0.29, 0.717) is 15.9 Å². The van der Waals surface area contributed by atoms with Gasteiger partial charge in [-0.05, 0) is 30.5 Å². The summed E-state index contributed by atoms with van der Waals surface area (Å²) in [5.41, 5.74) is 0.609. The second-order valence-corrected chi connectivity index (χ2v) is 8.19. The Labute approximate surface area is 159 Å². The van der Waals surface area contributed by atoms with E-state index in [1.165, 1.54) is 16.6 Å². The minimum atomic E-state index is -0.325. The van der Waals surface area contributed by atoms with Gasteiger partial charge in [-0.1, -0.05) is 41.6 Å². The molecule has 130 valence electrons. The average molecular weight is 393 g/mol. The molecule has 2 heterocycles. The summed E-state index contributed by atoms with van der Waals surface area (Å²) < 4.78 is 1.93. The highest BCUT2D eigenvalue weighted by Gasteiger charge is 2.19. The van der Waals surface area contributed by atoms with Gasteiger partial charge in [-0.2, -0.15) is 0 Å². The molecule has 1 amide bonds. The van der Waals surface area contributed by atoms with Gasteiger partial charge in [0.1, 0.15) is 5.82 Å². The highest BCUT2D eigenvalue weighted by molar-refractivity contribution is 8.00. The zero-order chi connectivity index (χ0) is 17.8. The van der Waals surface area contributed by atoms with E-state index in [1.54, 1.807) is 23.5 Å². The first kappa shape index (κ1) is 18.0. The predicted molar refractivity (Wildman–Crippen MR) is 104 cm³/mol. The first-order valence-corrected chi connectivity index (χ1v) is 9.81. The number of carbonyl (C=O) groups excluding carboxylic acids is 1. The van der Waals surface area contributed by atoms with Crippen LogP contribution in [-0.4, -0.2) is 25.9 Å². The molecular weight excluding hydrogens is 376 g/mol. The minimum absolute atomic E-state index is 0.124. The molecule has 1 atom stereocenters. The van der Waals surface area contributed by atoms with E-state index < -0.39 is 0 Å². The Morgan fingerprint density at radius 1 is 1.32 bits per heavy atom. The number of carbonyl (C=O) groups is 1. The van der Waals surface area contributed by atoms with E-state index in [0.717, 1.165) is 12.2 Å². The fourth-order valence-electron chi connectivity index (χ4n) is 2.18. The third kappa shape index (κ3) is 4.42. The fraction of sp³-hybridized carbons (Fsp3) is 0.235. The molecule has 5 nitrogen and oxygen atoms in total. The van der Waals surface area contributed by atoms with Crippen molar-refractivity contribution in [2.75, 3.05) is 5.32 Å². The number of para-hydroxylation sites is 1. The lowest BCUT2D eigenvalue weighted by Gasteiger charge is -2.12. The summed E-state index contributed by atoms with van der Waals surface area (Å²) in [4.78, 5) is 13.6. The number of nitrogens with zero attached hydrogens (tertiary/aromatic N) is 3. The molecule has 8 heteroatoms. The molecule has 0 unspecified atom stereocenters. The van der Waals surface area contributed by atoms with Gasteiger partial charge in [0, 0.05) is 18.3 Å². The van der Waals surface area contributed by atoms with Crippen molar-refractivity contribution in [2.45, 2.75) is 23.8 Å². The Hall–Kier alpha value is -1.83. The number of rotatable bonds is 6. The normalized spacial score (nSPS) is 12.1. The molecule has 1 aromatic carbocycles. The van der Waals surface area contributed by atoms with Crippen LogP contribution in [0.15, 0.2) is 46.9 Å². The third-order valence-corrected chi connectivity index (χ3v) is 5.96. The topological polar surface area (TPSA) is 59.8 Å². The number of halogens is 1. The molecule has 0 fully saturated rings. The Bertz CT molecular complexity index is 863. The van der Waals surface area contributed by atoms with E-state index in [1.807, 2.05) is 42.1 Å². The van der Waals surface area contributed by atoms with Gasteiger partial charge in [0.15, 0.2) is 5.16 Å². The van der Waals surface area contributed by atoms with Gasteiger partial charge in [0.25, 0.3) is 0 Å². The Morgan fingerprint density at radius 2 is 2.12 bits per heavy atom. The Morgan fingerprint density at radius 3 is 2.84 bits per heavy atom. The summed E-state index contributed by atoms with van der Waals surface area (Å²) in [7, 11) is 1.92. The molecule has 3 aromatic rings. The van der Waals surface area contributed by atoms with Crippen molar-refractivity contribution < 1.29 is 4.79 Å². The van der Waals surface area contributed by atoms with E-state index in [-0.39, 0.29) is 11.2 Å². The zero-order valence-corrected chi connectivity index (χ0v) is 16.2. The third-order valence-electron chi connectivity index (χ3n) is 3.62. The number of aromatic nitrogens is 3. The number of hydrogen-bond donors (Lipinski definition) is 1. The number of hydrogen-bond acceptors (Lipinski definition) is 5. The largest absolute Gasteiger partial charge is 0.324 e. The van der Waals surface area contributed by atoms with Gasteiger partial charge in [0.2, 0.25) is 5.91 Å². The Balaban J connectivity index is 1.64. The molecule has 0 bridgehead atoms. The second kappa shape index (κ2) is 8.03. The first-order chi connectivity index (χ1) is 12.0. The van der Waals surface area contributed by atoms with E-state index in [2.05, 4.69) is 21.6 Å². The first-order valence-electron chi connectivity index (χ1n) is 7.67. The SMILES string of the molecule is C[C@@H](Sc1nnc(Cc2cccs2)n1C)C(=O)Nc1ccccc1Cl. The van der Waals surface area contributed by atoms with Crippen LogP contribution >= 0.6 is 34.7 Å². The van der Waals surface area contributed by atoms with Crippen LogP contribution in [0.25, 0.3) is 0 Å². The highest BCUT2D eigenvalue weighted by Crippen LogP contribution is 2.26. The zero-order valence-electron chi connectivity index (χ0n) is 13.8. The molecule has 1 N–H and O–H groups in total. The molecule has 0 saturated carbocycles. The average Bonchev–Trinajstić information content (AvgIpc) is 3.22. The van der Waals surface area contributed by atoms with Crippen molar-refractivity contribution in [1.82, 2.24) is 14.8 Å². The maximum absolute atomic E-state index is 12.4. The summed E-state index contributed by atoms with van der Waals surface area (Å²) >= 11 is 9.15. The van der Waals surface area contributed by atoms with Crippen LogP contribution in [0.2, 0.25) is 5.02 Å². The van der Waals surface area contributed by atoms with Crippen molar-refractivity contribution in [2.24, 2.45) is 7.05 Å². The number of anilines is 1. The summed E-state index contributed by atoms with van der Waals surface area (Å²) in [5, 5.41) is 14.3. The lowest BCUT2D eigenvalue weighted by molar-refractivity contribution is -0.115. The molecule has 25 heavy (non-hydrogen) atoms. The lowest BCUT2D eigenvalue weighted by atomic mass is 10.3. The Kier molecular flexibility index (Phi) is 5.78. The van der Waals surface area contributed by atoms with Crippen LogP contribution in [0.3, 0.4) is 0 Å². The number of thioether (sulfide) groups is 1. The number of benzene rings is 1. The van der Waals surface area contributed by atoms with E-state index in [9.17, 15) is 4.79 Å². The van der Waals surface area contributed by atoms with Gasteiger partial charge in [0.05, 0.1) is 16.0 Å². The highest BCUT2D eigenvalue weighted by atomic mass is 35.5. The van der Waals surface area contributed by atoms with Crippen LogP contribution in [-0.2, 0) is 18.3 Å². The monoisotopic (exact) mass is 392 g/mol. The molecule has 2 aromatic heterocycles. The van der Waals surface area contributed by atoms with Gasteiger partial charge in [-0.3, -0.25) is 4.79 Å². The summed E-state index contributed by atoms with van der Waals surface area (Å²) in [5.74, 6) is 0.754. The van der Waals surface area contributed by atoms with Crippen molar-refractivity contribution in [3.63, 3.8) is 0 Å². The van der Waals surface area contributed by atoms with Crippen molar-refractivity contribution in [3.05, 3.63) is 57.5 Å². The summed E-state index contributed by atoms with van der Waals surface area (Å²) in [6, 6.07) is 11.3. The molecule has 0 aliphatic heterocycles. The van der Waals surface area contributed by atoms with E-state index in [4.69, 9.17) is 11.6 Å². The van der Waals surface area contributed by atoms with E-state index >= 15 is 0 Å². The predicted octanol–water partition coefficient (Wildman–Crippen LogP) is 4.24. The maximum atomic E-state index is 12.4. The number of nitrogens with one attached hydrogen (secondary N) is 1. The van der Waals surface area contributed by atoms with Gasteiger partial charge in [-0.25, -0.2) is 0 Å². The molecule has 0 saturated heterocycles. The van der Waals surface area contributed by atoms with Crippen LogP contribution in [0.4, 0.5) is 5.69 Å². The van der Waals surface area contributed by atoms with Gasteiger partial charge in [-0.15, -0.1) is 21.5 Å². The second-order valence-electron chi connectivity index (χ2n) is 5.44. The van der Waals surface area contributed by atoms with Crippen molar-refractivity contribution in [3.8, 4) is 0 Å². The molecule has 0 aliphatic carbocycles. The van der Waals surface area contributed by atoms with Gasteiger partial charge < -0.3 is 9.88 Å². The quantitative estimate of drug-likeness (QED) is 0.637. The number of amides is 1. The van der Waals surface area contributed by atoms with Crippen molar-refractivity contribution in [1.29, 1.82) is 0 Å². The minimum Gasteiger partial charge on any atom is -0.324 e. The smallest absolute Gasteiger partial charge is 0.237 e. The molecule has 0 spiro atoms. The van der Waals surface area contributed by atoms with Crippen molar-refractivity contribution >= 4 is 46.3 Å². The molecule has 0 radical (unpaired) electrons. The fourth-order valence-corrected chi connectivity index (χ4v) is 3.90. The van der Waals surface area contributed by atoms with Gasteiger partial charge >= 0.3 is 0 Å².